The minimum absolute atomic E-state index is 0.0279. The lowest BCUT2D eigenvalue weighted by molar-refractivity contribution is -0.116. The highest BCUT2D eigenvalue weighted by Crippen LogP contribution is 2.43. The first kappa shape index (κ1) is 29.0. The van der Waals surface area contributed by atoms with Gasteiger partial charge in [-0.05, 0) is 55.3 Å². The molecule has 8 nitrogen and oxygen atoms in total. The number of hydrogen-bond acceptors (Lipinski definition) is 4. The van der Waals surface area contributed by atoms with Crippen LogP contribution in [-0.2, 0) is 11.2 Å². The molecule has 1 aliphatic carbocycles. The molecule has 224 valence electrons. The van der Waals surface area contributed by atoms with E-state index in [0.29, 0.717) is 29.0 Å². The highest BCUT2D eigenvalue weighted by molar-refractivity contribution is 6.10. The van der Waals surface area contributed by atoms with Gasteiger partial charge in [0.25, 0.3) is 17.7 Å². The van der Waals surface area contributed by atoms with Crippen molar-refractivity contribution in [3.05, 3.63) is 114 Å². The van der Waals surface area contributed by atoms with Crippen molar-refractivity contribution < 1.29 is 23.2 Å². The summed E-state index contributed by atoms with van der Waals surface area (Å²) in [6.45, 7) is 1.75. The van der Waals surface area contributed by atoms with Crippen LogP contribution in [0, 0.1) is 0 Å². The van der Waals surface area contributed by atoms with Crippen LogP contribution in [0.2, 0.25) is 0 Å². The van der Waals surface area contributed by atoms with E-state index in [-0.39, 0.29) is 29.6 Å². The number of nitrogens with one attached hydrogen (secondary N) is 2. The molecule has 0 saturated heterocycles. The van der Waals surface area contributed by atoms with E-state index in [2.05, 4.69) is 15.6 Å². The van der Waals surface area contributed by atoms with Crippen molar-refractivity contribution in [2.75, 3.05) is 16.8 Å². The Kier molecular flexibility index (Phi) is 7.82. The summed E-state index contributed by atoms with van der Waals surface area (Å²) in [4.78, 5) is 45.1. The molecule has 3 amide bonds. The molecule has 0 atom stereocenters. The van der Waals surface area contributed by atoms with E-state index >= 15 is 8.78 Å². The Morgan fingerprint density at radius 3 is 2.41 bits per heavy atom. The second-order valence-electron chi connectivity index (χ2n) is 10.9. The minimum atomic E-state index is -3.31. The van der Waals surface area contributed by atoms with Crippen LogP contribution in [-0.4, -0.2) is 45.8 Å². The van der Waals surface area contributed by atoms with Gasteiger partial charge in [0.15, 0.2) is 0 Å². The SMILES string of the molecule is CCc1nccn1-c1ccccc1C(=O)Nc1ccc(C(=O)N2CCC(F)(F)/C(=C\C(=O)NC3CC3)c3ccccc32)cc1. The normalized spacial score (nSPS) is 16.6. The van der Waals surface area contributed by atoms with Crippen molar-refractivity contribution in [3.8, 4) is 5.69 Å². The molecule has 1 fully saturated rings. The average molecular weight is 596 g/mol. The molecule has 0 unspecified atom stereocenters. The van der Waals surface area contributed by atoms with Gasteiger partial charge in [-0.2, -0.15) is 0 Å². The third-order valence-electron chi connectivity index (χ3n) is 7.80. The van der Waals surface area contributed by atoms with Gasteiger partial charge in [-0.3, -0.25) is 14.4 Å². The summed E-state index contributed by atoms with van der Waals surface area (Å²) in [6.07, 6.45) is 6.21. The van der Waals surface area contributed by atoms with Crippen molar-refractivity contribution in [1.29, 1.82) is 0 Å². The molecule has 4 aromatic rings. The highest BCUT2D eigenvalue weighted by atomic mass is 19.3. The third-order valence-corrected chi connectivity index (χ3v) is 7.80. The molecule has 1 aliphatic heterocycles. The van der Waals surface area contributed by atoms with E-state index in [9.17, 15) is 14.4 Å². The van der Waals surface area contributed by atoms with Crippen molar-refractivity contribution in [3.63, 3.8) is 0 Å². The van der Waals surface area contributed by atoms with Crippen molar-refractivity contribution in [1.82, 2.24) is 14.9 Å². The number of allylic oxidation sites excluding steroid dienone is 1. The number of imidazole rings is 1. The molecule has 2 N–H and O–H groups in total. The van der Waals surface area contributed by atoms with Gasteiger partial charge < -0.3 is 20.1 Å². The first-order valence-corrected chi connectivity index (χ1v) is 14.6. The fourth-order valence-corrected chi connectivity index (χ4v) is 5.38. The molecular weight excluding hydrogens is 564 g/mol. The molecule has 1 aromatic heterocycles. The van der Waals surface area contributed by atoms with Crippen molar-refractivity contribution in [2.45, 2.75) is 44.6 Å². The van der Waals surface area contributed by atoms with Gasteiger partial charge in [-0.25, -0.2) is 13.8 Å². The molecule has 2 aliphatic rings. The Balaban J connectivity index is 1.23. The van der Waals surface area contributed by atoms with Crippen LogP contribution in [0.4, 0.5) is 20.2 Å². The molecule has 1 saturated carbocycles. The molecular formula is C34H31F2N5O3. The number of carbonyl (C=O) groups is 3. The molecule has 44 heavy (non-hydrogen) atoms. The maximum atomic E-state index is 15.4. The number of aromatic nitrogens is 2. The van der Waals surface area contributed by atoms with Crippen LogP contribution in [0.1, 0.15) is 58.3 Å². The Labute approximate surface area is 253 Å². The van der Waals surface area contributed by atoms with Crippen molar-refractivity contribution in [2.24, 2.45) is 0 Å². The predicted molar refractivity (Wildman–Crippen MR) is 164 cm³/mol. The largest absolute Gasteiger partial charge is 0.350 e. The van der Waals surface area contributed by atoms with Crippen LogP contribution in [0.25, 0.3) is 11.3 Å². The van der Waals surface area contributed by atoms with Gasteiger partial charge in [0, 0.05) is 66.3 Å². The second kappa shape index (κ2) is 11.9. The Bertz CT molecular complexity index is 1760. The molecule has 0 radical (unpaired) electrons. The molecule has 0 spiro atoms. The number of benzene rings is 3. The first-order valence-electron chi connectivity index (χ1n) is 14.6. The van der Waals surface area contributed by atoms with Crippen LogP contribution in [0.5, 0.6) is 0 Å². The zero-order chi connectivity index (χ0) is 30.8. The van der Waals surface area contributed by atoms with E-state index in [1.807, 2.05) is 29.8 Å². The number of para-hydroxylation sites is 2. The summed E-state index contributed by atoms with van der Waals surface area (Å²) in [6, 6.07) is 20.0. The number of fused-ring (bicyclic) bond motifs is 1. The summed E-state index contributed by atoms with van der Waals surface area (Å²) in [7, 11) is 0. The zero-order valence-corrected chi connectivity index (χ0v) is 24.1. The van der Waals surface area contributed by atoms with E-state index < -0.39 is 29.7 Å². The quantitative estimate of drug-likeness (QED) is 0.255. The number of rotatable bonds is 7. The average Bonchev–Trinajstić information content (AvgIpc) is 3.73. The van der Waals surface area contributed by atoms with Gasteiger partial charge >= 0.3 is 0 Å². The predicted octanol–water partition coefficient (Wildman–Crippen LogP) is 6.03. The van der Waals surface area contributed by atoms with E-state index in [1.54, 1.807) is 60.8 Å². The molecule has 6 rings (SSSR count). The Morgan fingerprint density at radius 2 is 1.68 bits per heavy atom. The smallest absolute Gasteiger partial charge is 0.275 e. The molecule has 2 heterocycles. The maximum Gasteiger partial charge on any atom is 0.275 e. The van der Waals surface area contributed by atoms with Crippen LogP contribution in [0.3, 0.4) is 0 Å². The highest BCUT2D eigenvalue weighted by Gasteiger charge is 2.41. The van der Waals surface area contributed by atoms with Crippen molar-refractivity contribution >= 4 is 34.7 Å². The number of carbonyl (C=O) groups excluding carboxylic acids is 3. The maximum absolute atomic E-state index is 15.4. The lowest BCUT2D eigenvalue weighted by Crippen LogP contribution is -2.33. The van der Waals surface area contributed by atoms with Crippen LogP contribution >= 0.6 is 0 Å². The fourth-order valence-electron chi connectivity index (χ4n) is 5.38. The number of anilines is 2. The Morgan fingerprint density at radius 1 is 0.977 bits per heavy atom. The van der Waals surface area contributed by atoms with Gasteiger partial charge in [0.2, 0.25) is 5.91 Å². The monoisotopic (exact) mass is 595 g/mol. The number of amides is 3. The first-order chi connectivity index (χ1) is 21.2. The number of nitrogens with zero attached hydrogens (tertiary/aromatic N) is 3. The number of hydrogen-bond donors (Lipinski definition) is 2. The zero-order valence-electron chi connectivity index (χ0n) is 24.1. The number of aryl methyl sites for hydroxylation is 1. The summed E-state index contributed by atoms with van der Waals surface area (Å²) in [5.41, 5.74) is 1.94. The summed E-state index contributed by atoms with van der Waals surface area (Å²) >= 11 is 0. The lowest BCUT2D eigenvalue weighted by atomic mass is 9.97. The van der Waals surface area contributed by atoms with Gasteiger partial charge in [0.05, 0.1) is 16.9 Å². The van der Waals surface area contributed by atoms with Gasteiger partial charge in [-0.15, -0.1) is 0 Å². The topological polar surface area (TPSA) is 96.3 Å². The Hall–Kier alpha value is -5.12. The van der Waals surface area contributed by atoms with E-state index in [1.165, 1.54) is 11.0 Å². The minimum Gasteiger partial charge on any atom is -0.350 e. The fraction of sp³-hybridized carbons (Fsp3) is 0.235. The summed E-state index contributed by atoms with van der Waals surface area (Å²) in [5.74, 6) is -3.85. The molecule has 10 heteroatoms. The number of halogens is 2. The summed E-state index contributed by atoms with van der Waals surface area (Å²) in [5, 5.41) is 5.61. The third kappa shape index (κ3) is 5.88. The van der Waals surface area contributed by atoms with Crippen LogP contribution < -0.4 is 15.5 Å². The van der Waals surface area contributed by atoms with E-state index in [0.717, 1.165) is 24.7 Å². The van der Waals surface area contributed by atoms with E-state index in [4.69, 9.17) is 0 Å². The summed E-state index contributed by atoms with van der Waals surface area (Å²) < 4.78 is 32.7. The van der Waals surface area contributed by atoms with Gasteiger partial charge in [-0.1, -0.05) is 37.3 Å². The standard InChI is InChI=1S/C34H31F2N5O3/c1-2-30-37-18-20-40(30)29-10-6-4-8-26(29)32(43)39-24-13-11-22(12-14-24)33(44)41-19-17-34(35,36)27(21-31(42)38-23-15-16-23)25-7-3-5-9-28(25)41/h3-14,18,20-21,23H,2,15-17,19H2,1H3,(H,38,42)(H,39,43)/b27-21-. The second-order valence-corrected chi connectivity index (χ2v) is 10.9. The lowest BCUT2D eigenvalue weighted by Gasteiger charge is -2.23. The molecule has 0 bridgehead atoms. The van der Waals surface area contributed by atoms with Gasteiger partial charge in [0.1, 0.15) is 5.82 Å². The van der Waals surface area contributed by atoms with Crippen LogP contribution in [0.15, 0.2) is 91.3 Å². The number of alkyl halides is 2. The molecule has 3 aromatic carbocycles.